The molecular weight excluding hydrogens is 402 g/mol. The quantitative estimate of drug-likeness (QED) is 0.690. The Morgan fingerprint density at radius 3 is 2.47 bits per heavy atom. The van der Waals surface area contributed by atoms with Gasteiger partial charge in [0, 0.05) is 5.56 Å². The monoisotopic (exact) mass is 429 g/mol. The number of carbonyl (C=O) groups excluding carboxylic acids is 1. The van der Waals surface area contributed by atoms with Crippen molar-refractivity contribution in [1.29, 1.82) is 0 Å². The highest BCUT2D eigenvalue weighted by Gasteiger charge is 2.31. The zero-order valence-corrected chi connectivity index (χ0v) is 18.4. The maximum atomic E-state index is 12.3. The van der Waals surface area contributed by atoms with Crippen molar-refractivity contribution in [2.45, 2.75) is 44.0 Å². The molecular formula is C22H27N3O4S. The van der Waals surface area contributed by atoms with Gasteiger partial charge < -0.3 is 10.1 Å². The summed E-state index contributed by atoms with van der Waals surface area (Å²) in [4.78, 5) is 16.7. The Hall–Kier alpha value is -2.87. The number of amides is 1. The minimum Gasteiger partial charge on any atom is -0.492 e. The highest BCUT2D eigenvalue weighted by molar-refractivity contribution is 7.90. The molecule has 1 amide bonds. The van der Waals surface area contributed by atoms with Gasteiger partial charge in [0.25, 0.3) is 10.0 Å². The Bertz CT molecular complexity index is 1050. The predicted molar refractivity (Wildman–Crippen MR) is 116 cm³/mol. The molecule has 0 radical (unpaired) electrons. The van der Waals surface area contributed by atoms with E-state index in [1.165, 1.54) is 11.6 Å². The van der Waals surface area contributed by atoms with Gasteiger partial charge in [0.05, 0.1) is 11.4 Å². The fraction of sp³-hybridized carbons (Fsp3) is 0.364. The van der Waals surface area contributed by atoms with Crippen LogP contribution in [0.2, 0.25) is 0 Å². The largest absolute Gasteiger partial charge is 0.492 e. The van der Waals surface area contributed by atoms with Gasteiger partial charge >= 0.3 is 0 Å². The Labute approximate surface area is 177 Å². The second-order valence-electron chi connectivity index (χ2n) is 8.17. The van der Waals surface area contributed by atoms with Crippen molar-refractivity contribution in [3.8, 4) is 5.75 Å². The third-order valence-corrected chi connectivity index (χ3v) is 6.15. The molecule has 3 rings (SSSR count). The molecule has 30 heavy (non-hydrogen) atoms. The standard InChI is InChI=1S/C22H27N3O4S/c1-15(24-20-18-7-5-6-8-19(18)30(27,28)25-20)21(26)23-13-14-29-17-11-9-16(10-12-17)22(2,3)4/h5-12,15H,13-14H2,1-4H3,(H,23,26)(H,24,25)/t15-/m0/s1. The van der Waals surface area contributed by atoms with E-state index in [4.69, 9.17) is 4.74 Å². The van der Waals surface area contributed by atoms with Crippen molar-refractivity contribution in [3.05, 3.63) is 59.7 Å². The van der Waals surface area contributed by atoms with E-state index in [1.807, 2.05) is 24.3 Å². The van der Waals surface area contributed by atoms with Gasteiger partial charge in [-0.05, 0) is 42.2 Å². The number of ether oxygens (including phenoxy) is 1. The molecule has 160 valence electrons. The second kappa shape index (κ2) is 8.47. The SMILES string of the molecule is C[C@H](N=C1NS(=O)(=O)c2ccccc21)C(=O)NCCOc1ccc(C(C)(C)C)cc1. The van der Waals surface area contributed by atoms with E-state index >= 15 is 0 Å². The minimum absolute atomic E-state index is 0.0815. The van der Waals surface area contributed by atoms with E-state index in [0.29, 0.717) is 18.7 Å². The average Bonchev–Trinajstić information content (AvgIpc) is 2.95. The van der Waals surface area contributed by atoms with Gasteiger partial charge in [0.15, 0.2) is 0 Å². The topological polar surface area (TPSA) is 96.9 Å². The molecule has 0 saturated heterocycles. The number of aliphatic imine (C=N–C) groups is 1. The minimum atomic E-state index is -3.62. The summed E-state index contributed by atoms with van der Waals surface area (Å²) in [5.74, 6) is 0.615. The predicted octanol–water partition coefficient (Wildman–Crippen LogP) is 2.61. The van der Waals surface area contributed by atoms with Crippen LogP contribution >= 0.6 is 0 Å². The van der Waals surface area contributed by atoms with Gasteiger partial charge in [-0.1, -0.05) is 45.0 Å². The van der Waals surface area contributed by atoms with Crippen LogP contribution in [0.3, 0.4) is 0 Å². The summed E-state index contributed by atoms with van der Waals surface area (Å²) in [6, 6.07) is 13.7. The number of hydrogen-bond donors (Lipinski definition) is 2. The number of rotatable bonds is 6. The summed E-state index contributed by atoms with van der Waals surface area (Å²) in [5.41, 5.74) is 1.78. The summed E-state index contributed by atoms with van der Waals surface area (Å²) in [5, 5.41) is 2.76. The number of carbonyl (C=O) groups is 1. The first-order chi connectivity index (χ1) is 14.1. The summed E-state index contributed by atoms with van der Waals surface area (Å²) < 4.78 is 32.3. The summed E-state index contributed by atoms with van der Waals surface area (Å²) in [6.45, 7) is 8.70. The van der Waals surface area contributed by atoms with Crippen LogP contribution in [0.25, 0.3) is 0 Å². The molecule has 1 heterocycles. The highest BCUT2D eigenvalue weighted by atomic mass is 32.2. The van der Waals surface area contributed by atoms with Crippen molar-refractivity contribution < 1.29 is 17.9 Å². The summed E-state index contributed by atoms with van der Waals surface area (Å²) in [7, 11) is -3.62. The molecule has 0 aliphatic carbocycles. The third-order valence-electron chi connectivity index (χ3n) is 4.76. The van der Waals surface area contributed by atoms with Gasteiger partial charge in [-0.25, -0.2) is 8.42 Å². The van der Waals surface area contributed by atoms with E-state index in [2.05, 4.69) is 35.8 Å². The molecule has 7 nitrogen and oxygen atoms in total. The van der Waals surface area contributed by atoms with E-state index in [9.17, 15) is 13.2 Å². The molecule has 1 atom stereocenters. The number of sulfonamides is 1. The molecule has 0 bridgehead atoms. The van der Waals surface area contributed by atoms with Crippen LogP contribution in [0.4, 0.5) is 0 Å². The fourth-order valence-corrected chi connectivity index (χ4v) is 4.26. The van der Waals surface area contributed by atoms with E-state index in [1.54, 1.807) is 25.1 Å². The Kier molecular flexibility index (Phi) is 6.17. The maximum Gasteiger partial charge on any atom is 0.263 e. The van der Waals surface area contributed by atoms with Crippen LogP contribution in [0.1, 0.15) is 38.8 Å². The molecule has 0 unspecified atom stereocenters. The lowest BCUT2D eigenvalue weighted by Gasteiger charge is -2.19. The Balaban J connectivity index is 1.52. The van der Waals surface area contributed by atoms with Crippen LogP contribution < -0.4 is 14.8 Å². The molecule has 0 saturated carbocycles. The molecule has 8 heteroatoms. The molecule has 2 aromatic carbocycles. The van der Waals surface area contributed by atoms with Crippen LogP contribution in [-0.4, -0.2) is 39.4 Å². The Morgan fingerprint density at radius 2 is 1.80 bits per heavy atom. The summed E-state index contributed by atoms with van der Waals surface area (Å²) >= 11 is 0. The second-order valence-corrected chi connectivity index (χ2v) is 9.82. The average molecular weight is 430 g/mol. The number of nitrogens with one attached hydrogen (secondary N) is 2. The van der Waals surface area contributed by atoms with Gasteiger partial charge in [0.2, 0.25) is 5.91 Å². The van der Waals surface area contributed by atoms with Crippen LogP contribution in [-0.2, 0) is 20.2 Å². The van der Waals surface area contributed by atoms with Crippen LogP contribution in [0, 0.1) is 0 Å². The molecule has 0 fully saturated rings. The maximum absolute atomic E-state index is 12.3. The number of nitrogens with zero attached hydrogens (tertiary/aromatic N) is 1. The number of hydrogen-bond acceptors (Lipinski definition) is 5. The van der Waals surface area contributed by atoms with Gasteiger partial charge in [0.1, 0.15) is 24.2 Å². The van der Waals surface area contributed by atoms with Gasteiger partial charge in [-0.2, -0.15) is 0 Å². The number of benzene rings is 2. The number of fused-ring (bicyclic) bond motifs is 1. The first kappa shape index (κ1) is 21.8. The zero-order chi connectivity index (χ0) is 21.9. The summed E-state index contributed by atoms with van der Waals surface area (Å²) in [6.07, 6.45) is 0. The molecule has 2 N–H and O–H groups in total. The zero-order valence-electron chi connectivity index (χ0n) is 17.6. The molecule has 0 spiro atoms. The smallest absolute Gasteiger partial charge is 0.263 e. The van der Waals surface area contributed by atoms with E-state index in [0.717, 1.165) is 5.75 Å². The van der Waals surface area contributed by atoms with Crippen molar-refractivity contribution in [1.82, 2.24) is 10.0 Å². The molecule has 1 aliphatic heterocycles. The normalized spacial score (nSPS) is 17.1. The van der Waals surface area contributed by atoms with Crippen molar-refractivity contribution in [2.24, 2.45) is 4.99 Å². The van der Waals surface area contributed by atoms with E-state index in [-0.39, 0.29) is 22.1 Å². The lowest BCUT2D eigenvalue weighted by Crippen LogP contribution is -2.36. The third kappa shape index (κ3) is 4.99. The lowest BCUT2D eigenvalue weighted by molar-refractivity contribution is -0.122. The van der Waals surface area contributed by atoms with Crippen molar-refractivity contribution in [3.63, 3.8) is 0 Å². The highest BCUT2D eigenvalue weighted by Crippen LogP contribution is 2.24. The van der Waals surface area contributed by atoms with Crippen molar-refractivity contribution in [2.75, 3.05) is 13.2 Å². The number of amidine groups is 1. The van der Waals surface area contributed by atoms with Crippen molar-refractivity contribution >= 4 is 21.8 Å². The van der Waals surface area contributed by atoms with E-state index < -0.39 is 16.1 Å². The van der Waals surface area contributed by atoms with Crippen LogP contribution in [0.15, 0.2) is 58.4 Å². The van der Waals surface area contributed by atoms with Gasteiger partial charge in [-0.15, -0.1) is 0 Å². The first-order valence-electron chi connectivity index (χ1n) is 9.79. The molecule has 2 aromatic rings. The molecule has 1 aliphatic rings. The Morgan fingerprint density at radius 1 is 1.13 bits per heavy atom. The van der Waals surface area contributed by atoms with Crippen LogP contribution in [0.5, 0.6) is 5.75 Å². The molecule has 0 aromatic heterocycles. The van der Waals surface area contributed by atoms with Gasteiger partial charge in [-0.3, -0.25) is 14.5 Å². The first-order valence-corrected chi connectivity index (χ1v) is 11.3. The fourth-order valence-electron chi connectivity index (χ4n) is 3.02. The lowest BCUT2D eigenvalue weighted by atomic mass is 9.87.